The highest BCUT2D eigenvalue weighted by molar-refractivity contribution is 5.76. The molecule has 15 nitrogen and oxygen atoms in total. The Morgan fingerprint density at radius 3 is 1.86 bits per heavy atom. The molecular formula is C29H56N6O9. The molecule has 1 aliphatic carbocycles. The van der Waals surface area contributed by atoms with Gasteiger partial charge in [-0.2, -0.15) is 0 Å². The molecule has 2 aliphatic rings. The molecule has 1 saturated heterocycles. The van der Waals surface area contributed by atoms with Crippen molar-refractivity contribution < 1.29 is 44.9 Å². The zero-order chi connectivity index (χ0) is 32.2. The van der Waals surface area contributed by atoms with E-state index in [2.05, 4.69) is 24.9 Å². The third-order valence-corrected chi connectivity index (χ3v) is 8.77. The highest BCUT2D eigenvalue weighted by Crippen LogP contribution is 2.30. The van der Waals surface area contributed by atoms with Crippen LogP contribution in [0.1, 0.15) is 57.8 Å². The molecule has 7 N–H and O–H groups in total. The van der Waals surface area contributed by atoms with Crippen LogP contribution in [0.4, 0.5) is 0 Å². The van der Waals surface area contributed by atoms with E-state index in [1.807, 2.05) is 9.80 Å². The quantitative estimate of drug-likeness (QED) is 0.0685. The van der Waals surface area contributed by atoms with E-state index in [0.29, 0.717) is 77.8 Å². The minimum Gasteiger partial charge on any atom is -0.480 e. The van der Waals surface area contributed by atoms with E-state index >= 15 is 0 Å². The molecule has 1 saturated carbocycles. The zero-order valence-electron chi connectivity index (χ0n) is 26.2. The number of carbonyl (C=O) groups is 3. The highest BCUT2D eigenvalue weighted by Gasteiger charge is 2.31. The van der Waals surface area contributed by atoms with E-state index in [4.69, 9.17) is 16.2 Å². The van der Waals surface area contributed by atoms with Gasteiger partial charge in [0, 0.05) is 77.4 Å². The van der Waals surface area contributed by atoms with Crippen molar-refractivity contribution >= 4 is 17.8 Å². The molecule has 0 spiro atoms. The fourth-order valence-corrected chi connectivity index (χ4v) is 6.31. The molecule has 0 aromatic heterocycles. The van der Waals surface area contributed by atoms with Crippen molar-refractivity contribution in [3.63, 3.8) is 0 Å². The van der Waals surface area contributed by atoms with E-state index in [0.717, 1.165) is 51.4 Å². The van der Waals surface area contributed by atoms with E-state index in [1.165, 1.54) is 0 Å². The van der Waals surface area contributed by atoms with Crippen molar-refractivity contribution in [2.24, 2.45) is 11.7 Å². The second-order valence-electron chi connectivity index (χ2n) is 12.1. The average molecular weight is 633 g/mol. The first-order valence-electron chi connectivity index (χ1n) is 16.1. The van der Waals surface area contributed by atoms with Crippen molar-refractivity contribution in [3.8, 4) is 0 Å². The predicted octanol–water partition coefficient (Wildman–Crippen LogP) is 0.309. The van der Waals surface area contributed by atoms with Gasteiger partial charge in [-0.25, -0.2) is 9.78 Å². The minimum atomic E-state index is -0.944. The van der Waals surface area contributed by atoms with Crippen molar-refractivity contribution in [3.05, 3.63) is 0 Å². The number of aliphatic carboxylic acids is 2. The van der Waals surface area contributed by atoms with Gasteiger partial charge in [-0.05, 0) is 57.4 Å². The van der Waals surface area contributed by atoms with Gasteiger partial charge in [0.25, 0.3) is 0 Å². The third kappa shape index (κ3) is 16.4. The molecule has 1 aliphatic heterocycles. The molecule has 0 aromatic carbocycles. The maximum atomic E-state index is 12.4. The maximum Gasteiger partial charge on any atom is 0.317 e. The second-order valence-corrected chi connectivity index (χ2v) is 12.1. The van der Waals surface area contributed by atoms with Crippen LogP contribution in [0.2, 0.25) is 0 Å². The SMILES string of the molecule is NCCCCCC(=O)NC1CCC(CC2CN(CC(=O)O)CCN(CCOO)CCN(CCOO)CCN2CC(=O)O)CC1. The summed E-state index contributed by atoms with van der Waals surface area (Å²) in [4.78, 5) is 52.9. The Hall–Kier alpha value is -1.95. The largest absolute Gasteiger partial charge is 0.480 e. The van der Waals surface area contributed by atoms with Gasteiger partial charge in [-0.1, -0.05) is 6.42 Å². The Kier molecular flexibility index (Phi) is 19.6. The number of carboxylic acids is 2. The fourth-order valence-electron chi connectivity index (χ4n) is 6.31. The normalized spacial score (nSPS) is 23.9. The van der Waals surface area contributed by atoms with Gasteiger partial charge in [-0.3, -0.25) is 44.5 Å². The number of nitrogens with one attached hydrogen (secondary N) is 1. The summed E-state index contributed by atoms with van der Waals surface area (Å²) >= 11 is 0. The standard InChI is InChI=1S/C29H56N6O9/c30-9-3-1-2-4-27(36)31-25-7-5-24(6-8-25)20-26-21-34(22-28(37)38)13-12-32(16-18-43-41)10-11-33(17-19-44-42)14-15-35(26)23-29(39)40/h24-26,41-42H,1-23,30H2,(H,31,36)(H,37,38)(H,39,40). The van der Waals surface area contributed by atoms with Crippen molar-refractivity contribution in [1.82, 2.24) is 24.9 Å². The Bertz CT molecular complexity index is 818. The molecule has 15 heteroatoms. The van der Waals surface area contributed by atoms with Crippen LogP contribution in [0, 0.1) is 5.92 Å². The number of hydrogen-bond acceptors (Lipinski definition) is 12. The van der Waals surface area contributed by atoms with Crippen molar-refractivity contribution in [1.29, 1.82) is 0 Å². The van der Waals surface area contributed by atoms with Crippen LogP contribution in [0.5, 0.6) is 0 Å². The van der Waals surface area contributed by atoms with Crippen LogP contribution in [0.25, 0.3) is 0 Å². The van der Waals surface area contributed by atoms with Crippen LogP contribution >= 0.6 is 0 Å². The molecule has 0 aromatic rings. The van der Waals surface area contributed by atoms with Gasteiger partial charge in [0.1, 0.15) is 0 Å². The predicted molar refractivity (Wildman–Crippen MR) is 163 cm³/mol. The summed E-state index contributed by atoms with van der Waals surface area (Å²) in [6, 6.07) is -0.0480. The second kappa shape index (κ2) is 22.5. The average Bonchev–Trinajstić information content (AvgIpc) is 2.98. The highest BCUT2D eigenvalue weighted by atomic mass is 17.1. The maximum absolute atomic E-state index is 12.4. The third-order valence-electron chi connectivity index (χ3n) is 8.77. The monoisotopic (exact) mass is 632 g/mol. The molecule has 0 radical (unpaired) electrons. The molecule has 1 unspecified atom stereocenters. The Morgan fingerprint density at radius 2 is 1.32 bits per heavy atom. The Morgan fingerprint density at radius 1 is 0.750 bits per heavy atom. The minimum absolute atomic E-state index is 0.0810. The molecule has 2 fully saturated rings. The summed E-state index contributed by atoms with van der Waals surface area (Å²) in [6.07, 6.45) is 7.49. The number of hydrogen-bond donors (Lipinski definition) is 6. The van der Waals surface area contributed by atoms with Gasteiger partial charge in [0.15, 0.2) is 0 Å². The van der Waals surface area contributed by atoms with Crippen molar-refractivity contribution in [2.75, 3.05) is 91.8 Å². The molecule has 2 rings (SSSR count). The van der Waals surface area contributed by atoms with Crippen LogP contribution in [-0.4, -0.2) is 162 Å². The molecular weight excluding hydrogens is 576 g/mol. The fraction of sp³-hybridized carbons (Fsp3) is 0.897. The number of rotatable bonds is 18. The van der Waals surface area contributed by atoms with E-state index in [-0.39, 0.29) is 44.3 Å². The summed E-state index contributed by atoms with van der Waals surface area (Å²) in [7, 11) is 0. The van der Waals surface area contributed by atoms with Crippen LogP contribution in [0.3, 0.4) is 0 Å². The lowest BCUT2D eigenvalue weighted by molar-refractivity contribution is -0.245. The number of nitrogens with two attached hydrogens (primary N) is 1. The number of unbranched alkanes of at least 4 members (excludes halogenated alkanes) is 2. The first-order chi connectivity index (χ1) is 21.2. The lowest BCUT2D eigenvalue weighted by atomic mass is 9.81. The smallest absolute Gasteiger partial charge is 0.317 e. The van der Waals surface area contributed by atoms with Crippen molar-refractivity contribution in [2.45, 2.75) is 69.9 Å². The van der Waals surface area contributed by atoms with E-state index in [1.54, 1.807) is 0 Å². The summed E-state index contributed by atoms with van der Waals surface area (Å²) in [5, 5.41) is 40.5. The Balaban J connectivity index is 2.14. The summed E-state index contributed by atoms with van der Waals surface area (Å²) in [5.41, 5.74) is 5.54. The number of nitrogens with zero attached hydrogens (tertiary/aromatic N) is 4. The summed E-state index contributed by atoms with van der Waals surface area (Å²) in [5.74, 6) is -1.48. The molecule has 1 atom stereocenters. The molecule has 1 heterocycles. The van der Waals surface area contributed by atoms with Crippen LogP contribution < -0.4 is 11.1 Å². The first-order valence-corrected chi connectivity index (χ1v) is 16.1. The van der Waals surface area contributed by atoms with Gasteiger partial charge >= 0.3 is 11.9 Å². The lowest BCUT2D eigenvalue weighted by Crippen LogP contribution is -2.53. The van der Waals surface area contributed by atoms with Crippen LogP contribution in [-0.2, 0) is 24.2 Å². The summed E-state index contributed by atoms with van der Waals surface area (Å²) in [6.45, 7) is 5.10. The van der Waals surface area contributed by atoms with Gasteiger partial charge in [-0.15, -0.1) is 0 Å². The van der Waals surface area contributed by atoms with Gasteiger partial charge in [0.05, 0.1) is 26.3 Å². The lowest BCUT2D eigenvalue weighted by Gasteiger charge is -2.40. The number of carbonyl (C=O) groups excluding carboxylic acids is 1. The van der Waals surface area contributed by atoms with Crippen LogP contribution in [0.15, 0.2) is 0 Å². The van der Waals surface area contributed by atoms with Gasteiger partial charge in [0.2, 0.25) is 5.91 Å². The van der Waals surface area contributed by atoms with E-state index in [9.17, 15) is 24.6 Å². The molecule has 44 heavy (non-hydrogen) atoms. The van der Waals surface area contributed by atoms with Gasteiger partial charge < -0.3 is 21.3 Å². The molecule has 0 bridgehead atoms. The summed E-state index contributed by atoms with van der Waals surface area (Å²) < 4.78 is 0. The van der Waals surface area contributed by atoms with E-state index < -0.39 is 11.9 Å². The number of carboxylic acid groups (broad SMARTS) is 2. The molecule has 1 amide bonds. The Labute approximate surface area is 261 Å². The first kappa shape index (κ1) is 38.2. The zero-order valence-corrected chi connectivity index (χ0v) is 26.2. The molecule has 256 valence electrons. The number of amides is 1. The topological polar surface area (TPSA) is 202 Å².